The molecule has 82 valence electrons. The van der Waals surface area contributed by atoms with Crippen LogP contribution in [-0.4, -0.2) is 20.6 Å². The van der Waals surface area contributed by atoms with Crippen LogP contribution in [0.5, 0.6) is 0 Å². The Morgan fingerprint density at radius 1 is 1.44 bits per heavy atom. The standard InChI is InChI=1S/C11H12N4O/c1-9(10-4-2-3-5-13-10)14-11(16)15-7-6-12-8-15/h2-9H,1H3,(H,14,16)/t9-/m1/s1. The van der Waals surface area contributed by atoms with Gasteiger partial charge in [-0.3, -0.25) is 9.55 Å². The van der Waals surface area contributed by atoms with Crippen molar-refractivity contribution in [2.45, 2.75) is 13.0 Å². The summed E-state index contributed by atoms with van der Waals surface area (Å²) in [6, 6.07) is 5.27. The second-order valence-corrected chi connectivity index (χ2v) is 3.40. The average Bonchev–Trinajstić information content (AvgIpc) is 2.83. The monoisotopic (exact) mass is 216 g/mol. The number of nitrogens with zero attached hydrogens (tertiary/aromatic N) is 3. The van der Waals surface area contributed by atoms with Crippen LogP contribution in [0, 0.1) is 0 Å². The van der Waals surface area contributed by atoms with E-state index >= 15 is 0 Å². The lowest BCUT2D eigenvalue weighted by molar-refractivity contribution is 0.239. The molecule has 2 aromatic heterocycles. The molecule has 0 bridgehead atoms. The number of imidazole rings is 1. The fraction of sp³-hybridized carbons (Fsp3) is 0.182. The summed E-state index contributed by atoms with van der Waals surface area (Å²) in [7, 11) is 0. The Hall–Kier alpha value is -2.17. The third-order valence-electron chi connectivity index (χ3n) is 2.21. The third-order valence-corrected chi connectivity index (χ3v) is 2.21. The summed E-state index contributed by atoms with van der Waals surface area (Å²) >= 11 is 0. The normalized spacial score (nSPS) is 12.1. The fourth-order valence-corrected chi connectivity index (χ4v) is 1.35. The van der Waals surface area contributed by atoms with Crippen molar-refractivity contribution in [1.29, 1.82) is 0 Å². The molecule has 5 nitrogen and oxygen atoms in total. The summed E-state index contributed by atoms with van der Waals surface area (Å²) in [6.45, 7) is 1.89. The molecule has 5 heteroatoms. The van der Waals surface area contributed by atoms with Crippen molar-refractivity contribution in [3.8, 4) is 0 Å². The van der Waals surface area contributed by atoms with Gasteiger partial charge in [-0.05, 0) is 19.1 Å². The molecule has 2 rings (SSSR count). The first kappa shape index (κ1) is 10.4. The van der Waals surface area contributed by atoms with Crippen molar-refractivity contribution in [2.75, 3.05) is 0 Å². The maximum absolute atomic E-state index is 11.7. The first-order valence-corrected chi connectivity index (χ1v) is 4.97. The summed E-state index contributed by atoms with van der Waals surface area (Å²) in [5.74, 6) is 0. The topological polar surface area (TPSA) is 59.8 Å². The van der Waals surface area contributed by atoms with Crippen LogP contribution < -0.4 is 5.32 Å². The first-order chi connectivity index (χ1) is 7.77. The smallest absolute Gasteiger partial charge is 0.327 e. The lowest BCUT2D eigenvalue weighted by Crippen LogP contribution is -2.30. The minimum atomic E-state index is -0.212. The molecule has 0 fully saturated rings. The number of pyridine rings is 1. The van der Waals surface area contributed by atoms with Gasteiger partial charge in [0, 0.05) is 18.6 Å². The number of amides is 1. The maximum Gasteiger partial charge on any atom is 0.327 e. The van der Waals surface area contributed by atoms with E-state index in [0.717, 1.165) is 5.69 Å². The van der Waals surface area contributed by atoms with Crippen LogP contribution in [0.4, 0.5) is 4.79 Å². The van der Waals surface area contributed by atoms with Crippen LogP contribution in [-0.2, 0) is 0 Å². The summed E-state index contributed by atoms with van der Waals surface area (Å²) in [4.78, 5) is 19.7. The van der Waals surface area contributed by atoms with Crippen LogP contribution in [0.1, 0.15) is 18.7 Å². The first-order valence-electron chi connectivity index (χ1n) is 4.97. The van der Waals surface area contributed by atoms with Gasteiger partial charge in [-0.15, -0.1) is 0 Å². The Bertz CT molecular complexity index is 452. The number of hydrogen-bond acceptors (Lipinski definition) is 3. The highest BCUT2D eigenvalue weighted by Gasteiger charge is 2.10. The predicted molar refractivity (Wildman–Crippen MR) is 58.8 cm³/mol. The highest BCUT2D eigenvalue weighted by atomic mass is 16.2. The van der Waals surface area contributed by atoms with Crippen molar-refractivity contribution < 1.29 is 4.79 Å². The van der Waals surface area contributed by atoms with Crippen LogP contribution in [0.3, 0.4) is 0 Å². The van der Waals surface area contributed by atoms with E-state index in [2.05, 4.69) is 15.3 Å². The van der Waals surface area contributed by atoms with Gasteiger partial charge in [-0.2, -0.15) is 0 Å². The molecule has 2 aromatic rings. The lowest BCUT2D eigenvalue weighted by Gasteiger charge is -2.12. The number of aromatic nitrogens is 3. The van der Waals surface area contributed by atoms with Crippen LogP contribution in [0.2, 0.25) is 0 Å². The zero-order valence-corrected chi connectivity index (χ0v) is 8.87. The SMILES string of the molecule is C[C@@H](NC(=O)n1ccnc1)c1ccccn1. The molecule has 0 unspecified atom stereocenters. The third kappa shape index (κ3) is 2.25. The molecule has 0 aliphatic rings. The van der Waals surface area contributed by atoms with Crippen LogP contribution in [0.25, 0.3) is 0 Å². The molecule has 0 saturated carbocycles. The number of carbonyl (C=O) groups is 1. The van der Waals surface area contributed by atoms with Crippen molar-refractivity contribution in [1.82, 2.24) is 19.9 Å². The van der Waals surface area contributed by atoms with Gasteiger partial charge in [0.15, 0.2) is 0 Å². The zero-order valence-electron chi connectivity index (χ0n) is 8.87. The molecule has 16 heavy (non-hydrogen) atoms. The number of hydrogen-bond donors (Lipinski definition) is 1. The second-order valence-electron chi connectivity index (χ2n) is 3.40. The van der Waals surface area contributed by atoms with Crippen molar-refractivity contribution in [3.63, 3.8) is 0 Å². The quantitative estimate of drug-likeness (QED) is 0.829. The van der Waals surface area contributed by atoms with Crippen LogP contribution >= 0.6 is 0 Å². The fourth-order valence-electron chi connectivity index (χ4n) is 1.35. The van der Waals surface area contributed by atoms with Gasteiger partial charge < -0.3 is 5.32 Å². The highest BCUT2D eigenvalue weighted by Crippen LogP contribution is 2.07. The van der Waals surface area contributed by atoms with E-state index in [4.69, 9.17) is 0 Å². The summed E-state index contributed by atoms with van der Waals surface area (Å²) < 4.78 is 1.39. The summed E-state index contributed by atoms with van der Waals surface area (Å²) in [5, 5.41) is 2.82. The Balaban J connectivity index is 2.03. The lowest BCUT2D eigenvalue weighted by atomic mass is 10.2. The summed E-state index contributed by atoms with van der Waals surface area (Å²) in [6.07, 6.45) is 6.32. The molecule has 0 aliphatic heterocycles. The summed E-state index contributed by atoms with van der Waals surface area (Å²) in [5.41, 5.74) is 0.830. The van der Waals surface area contributed by atoms with Gasteiger partial charge in [0.2, 0.25) is 0 Å². The van der Waals surface area contributed by atoms with E-state index in [9.17, 15) is 4.79 Å². The minimum absolute atomic E-state index is 0.129. The zero-order chi connectivity index (χ0) is 11.4. The minimum Gasteiger partial charge on any atom is -0.329 e. The van der Waals surface area contributed by atoms with Crippen molar-refractivity contribution in [3.05, 3.63) is 48.8 Å². The Morgan fingerprint density at radius 3 is 2.94 bits per heavy atom. The van der Waals surface area contributed by atoms with Gasteiger partial charge in [0.05, 0.1) is 11.7 Å². The van der Waals surface area contributed by atoms with E-state index < -0.39 is 0 Å². The largest absolute Gasteiger partial charge is 0.329 e. The molecule has 1 atom stereocenters. The van der Waals surface area contributed by atoms with Crippen LogP contribution in [0.15, 0.2) is 43.1 Å². The maximum atomic E-state index is 11.7. The van der Waals surface area contributed by atoms with Gasteiger partial charge in [0.25, 0.3) is 0 Å². The average molecular weight is 216 g/mol. The van der Waals surface area contributed by atoms with E-state index in [-0.39, 0.29) is 12.1 Å². The molecule has 0 spiro atoms. The predicted octanol–water partition coefficient (Wildman–Crippen LogP) is 1.60. The Morgan fingerprint density at radius 2 is 2.31 bits per heavy atom. The van der Waals surface area contributed by atoms with Gasteiger partial charge in [-0.25, -0.2) is 9.78 Å². The van der Waals surface area contributed by atoms with E-state index in [1.807, 2.05) is 25.1 Å². The molecule has 0 aromatic carbocycles. The molecule has 1 N–H and O–H groups in total. The van der Waals surface area contributed by atoms with E-state index in [0.29, 0.717) is 0 Å². The molecular weight excluding hydrogens is 204 g/mol. The van der Waals surface area contributed by atoms with Crippen molar-refractivity contribution >= 4 is 6.03 Å². The molecule has 0 radical (unpaired) electrons. The molecule has 2 heterocycles. The molecule has 0 saturated heterocycles. The number of carbonyl (C=O) groups excluding carboxylic acids is 1. The van der Waals surface area contributed by atoms with Crippen molar-refractivity contribution in [2.24, 2.45) is 0 Å². The van der Waals surface area contributed by atoms with E-state index in [1.165, 1.54) is 10.9 Å². The molecular formula is C11H12N4O. The Kier molecular flexibility index (Phi) is 2.95. The van der Waals surface area contributed by atoms with E-state index in [1.54, 1.807) is 18.6 Å². The number of nitrogens with one attached hydrogen (secondary N) is 1. The highest BCUT2D eigenvalue weighted by molar-refractivity contribution is 5.76. The molecule has 1 amide bonds. The Labute approximate surface area is 93.2 Å². The second kappa shape index (κ2) is 4.57. The number of rotatable bonds is 2. The van der Waals surface area contributed by atoms with Gasteiger partial charge in [0.1, 0.15) is 6.33 Å². The van der Waals surface area contributed by atoms with Gasteiger partial charge >= 0.3 is 6.03 Å². The van der Waals surface area contributed by atoms with Gasteiger partial charge in [-0.1, -0.05) is 6.07 Å². The molecule has 0 aliphatic carbocycles.